The molecule has 1 amide bonds. The smallest absolute Gasteiger partial charge is 0.259 e. The Morgan fingerprint density at radius 3 is 2.80 bits per heavy atom. The Hall–Kier alpha value is -2.69. The molecule has 1 aliphatic rings. The highest BCUT2D eigenvalue weighted by Gasteiger charge is 2.36. The predicted molar refractivity (Wildman–Crippen MR) is 96.8 cm³/mol. The lowest BCUT2D eigenvalue weighted by Crippen LogP contribution is -2.34. The topological polar surface area (TPSA) is 50.5 Å². The Balaban J connectivity index is 1.67. The van der Waals surface area contributed by atoms with Gasteiger partial charge in [-0.3, -0.25) is 4.79 Å². The zero-order chi connectivity index (χ0) is 17.6. The highest BCUT2D eigenvalue weighted by molar-refractivity contribution is 6.01. The maximum absolute atomic E-state index is 13.2. The zero-order valence-corrected chi connectivity index (χ0v) is 14.8. The normalized spacial score (nSPS) is 20.4. The summed E-state index contributed by atoms with van der Waals surface area (Å²) < 4.78 is 1.68. The lowest BCUT2D eigenvalue weighted by Gasteiger charge is -2.21. The van der Waals surface area contributed by atoms with E-state index in [0.717, 1.165) is 18.7 Å². The molecular weight excluding hydrogens is 312 g/mol. The minimum atomic E-state index is 0.0368. The van der Waals surface area contributed by atoms with Crippen LogP contribution in [0.25, 0.3) is 5.65 Å². The van der Waals surface area contributed by atoms with Crippen LogP contribution >= 0.6 is 0 Å². The molecular formula is C20H22N4O. The van der Waals surface area contributed by atoms with E-state index in [4.69, 9.17) is 0 Å². The van der Waals surface area contributed by atoms with E-state index >= 15 is 0 Å². The van der Waals surface area contributed by atoms with Crippen molar-refractivity contribution in [3.63, 3.8) is 0 Å². The van der Waals surface area contributed by atoms with Crippen molar-refractivity contribution in [2.75, 3.05) is 6.54 Å². The summed E-state index contributed by atoms with van der Waals surface area (Å²) in [6, 6.07) is 10.5. The van der Waals surface area contributed by atoms with Crippen LogP contribution in [0, 0.1) is 13.8 Å². The van der Waals surface area contributed by atoms with E-state index in [1.807, 2.05) is 24.1 Å². The van der Waals surface area contributed by atoms with Gasteiger partial charge in [0.25, 0.3) is 5.91 Å². The third-order valence-electron chi connectivity index (χ3n) is 5.25. The molecule has 1 fully saturated rings. The fourth-order valence-electron chi connectivity index (χ4n) is 3.97. The molecule has 1 aromatic carbocycles. The Labute approximate surface area is 147 Å². The van der Waals surface area contributed by atoms with Gasteiger partial charge in [-0.05, 0) is 44.4 Å². The van der Waals surface area contributed by atoms with Crippen LogP contribution in [0.3, 0.4) is 0 Å². The summed E-state index contributed by atoms with van der Waals surface area (Å²) in [5.74, 6) is 0.421. The summed E-state index contributed by atoms with van der Waals surface area (Å²) in [5, 5.41) is 4.43. The molecule has 2 atom stereocenters. The summed E-state index contributed by atoms with van der Waals surface area (Å²) in [7, 11) is 0. The van der Waals surface area contributed by atoms with Gasteiger partial charge in [0.2, 0.25) is 0 Å². The van der Waals surface area contributed by atoms with E-state index in [0.29, 0.717) is 17.1 Å². The van der Waals surface area contributed by atoms with Crippen LogP contribution in [0.1, 0.15) is 46.4 Å². The van der Waals surface area contributed by atoms with Gasteiger partial charge < -0.3 is 4.90 Å². The molecule has 1 aliphatic heterocycles. The summed E-state index contributed by atoms with van der Waals surface area (Å²) in [6.45, 7) is 6.89. The molecule has 0 spiro atoms. The van der Waals surface area contributed by atoms with E-state index in [9.17, 15) is 4.79 Å². The molecule has 0 saturated carbocycles. The molecule has 0 bridgehead atoms. The largest absolute Gasteiger partial charge is 0.335 e. The number of nitrogens with zero attached hydrogens (tertiary/aromatic N) is 4. The molecule has 128 valence electrons. The minimum Gasteiger partial charge on any atom is -0.335 e. The maximum atomic E-state index is 13.2. The van der Waals surface area contributed by atoms with Gasteiger partial charge >= 0.3 is 0 Å². The van der Waals surface area contributed by atoms with Gasteiger partial charge in [-0.25, -0.2) is 9.50 Å². The second kappa shape index (κ2) is 5.99. The third-order valence-corrected chi connectivity index (χ3v) is 5.25. The molecule has 1 saturated heterocycles. The molecule has 4 rings (SSSR count). The number of hydrogen-bond donors (Lipinski definition) is 0. The molecule has 0 N–H and O–H groups in total. The number of rotatable bonds is 2. The zero-order valence-electron chi connectivity index (χ0n) is 14.8. The number of likely N-dealkylation sites (tertiary alicyclic amines) is 1. The Morgan fingerprint density at radius 2 is 2.00 bits per heavy atom. The average Bonchev–Trinajstić information content (AvgIpc) is 3.14. The van der Waals surface area contributed by atoms with Crippen LogP contribution in [0.2, 0.25) is 0 Å². The summed E-state index contributed by atoms with van der Waals surface area (Å²) in [4.78, 5) is 19.6. The Bertz CT molecular complexity index is 946. The van der Waals surface area contributed by atoms with Gasteiger partial charge in [0.05, 0.1) is 5.69 Å². The molecule has 0 aliphatic carbocycles. The fraction of sp³-hybridized carbons (Fsp3) is 0.350. The van der Waals surface area contributed by atoms with Crippen molar-refractivity contribution < 1.29 is 4.79 Å². The monoisotopic (exact) mass is 334 g/mol. The Kier molecular flexibility index (Phi) is 3.79. The molecule has 0 radical (unpaired) electrons. The molecule has 0 unspecified atom stereocenters. The second-order valence-corrected chi connectivity index (χ2v) is 6.94. The number of hydrogen-bond acceptors (Lipinski definition) is 3. The van der Waals surface area contributed by atoms with Gasteiger partial charge in [0.1, 0.15) is 5.56 Å². The quantitative estimate of drug-likeness (QED) is 0.722. The number of aryl methyl sites for hydroxylation is 2. The van der Waals surface area contributed by atoms with Crippen LogP contribution in [0.4, 0.5) is 0 Å². The highest BCUT2D eigenvalue weighted by atomic mass is 16.2. The molecule has 5 nitrogen and oxygen atoms in total. The first-order valence-corrected chi connectivity index (χ1v) is 8.72. The van der Waals surface area contributed by atoms with Crippen LogP contribution in [0.5, 0.6) is 0 Å². The molecule has 3 aromatic rings. The van der Waals surface area contributed by atoms with Crippen molar-refractivity contribution in [3.05, 3.63) is 65.1 Å². The molecule has 5 heteroatoms. The second-order valence-electron chi connectivity index (χ2n) is 6.94. The lowest BCUT2D eigenvalue weighted by molar-refractivity contribution is 0.0747. The average molecular weight is 334 g/mol. The van der Waals surface area contributed by atoms with Crippen LogP contribution in [-0.2, 0) is 0 Å². The first-order chi connectivity index (χ1) is 12.1. The van der Waals surface area contributed by atoms with E-state index in [-0.39, 0.29) is 11.9 Å². The summed E-state index contributed by atoms with van der Waals surface area (Å²) in [5.41, 5.74) is 4.63. The predicted octanol–water partition coefficient (Wildman–Crippen LogP) is 3.36. The van der Waals surface area contributed by atoms with Gasteiger partial charge in [-0.1, -0.05) is 24.3 Å². The number of fused-ring (bicyclic) bond motifs is 1. The van der Waals surface area contributed by atoms with Crippen LogP contribution in [0.15, 0.2) is 42.7 Å². The van der Waals surface area contributed by atoms with Crippen LogP contribution < -0.4 is 0 Å². The van der Waals surface area contributed by atoms with E-state index in [1.54, 1.807) is 10.7 Å². The van der Waals surface area contributed by atoms with Crippen molar-refractivity contribution in [2.24, 2.45) is 0 Å². The molecule has 25 heavy (non-hydrogen) atoms. The molecule has 2 aromatic heterocycles. The van der Waals surface area contributed by atoms with Gasteiger partial charge in [0.15, 0.2) is 5.65 Å². The first kappa shape index (κ1) is 15.8. The highest BCUT2D eigenvalue weighted by Crippen LogP contribution is 2.34. The van der Waals surface area contributed by atoms with E-state index in [1.165, 1.54) is 11.1 Å². The molecule has 3 heterocycles. The van der Waals surface area contributed by atoms with Crippen molar-refractivity contribution in [3.8, 4) is 0 Å². The first-order valence-electron chi connectivity index (χ1n) is 8.72. The standard InChI is InChI=1S/C20H22N4O/c1-13-7-4-5-8-17(13)16-11-14(2)23(12-16)20(25)18-15(3)22-24-10-6-9-21-19(18)24/h4-10,14,16H,11-12H2,1-3H3/t14-,16-/m0/s1. The Morgan fingerprint density at radius 1 is 1.20 bits per heavy atom. The van der Waals surface area contributed by atoms with Crippen molar-refractivity contribution >= 4 is 11.6 Å². The number of benzene rings is 1. The van der Waals surface area contributed by atoms with Gasteiger partial charge in [0, 0.05) is 30.9 Å². The van der Waals surface area contributed by atoms with E-state index in [2.05, 4.69) is 48.2 Å². The third kappa shape index (κ3) is 2.60. The van der Waals surface area contributed by atoms with Crippen LogP contribution in [-0.4, -0.2) is 38.0 Å². The van der Waals surface area contributed by atoms with Crippen molar-refractivity contribution in [2.45, 2.75) is 39.2 Å². The van der Waals surface area contributed by atoms with E-state index < -0.39 is 0 Å². The summed E-state index contributed by atoms with van der Waals surface area (Å²) >= 11 is 0. The lowest BCUT2D eigenvalue weighted by atomic mass is 9.93. The number of carbonyl (C=O) groups is 1. The van der Waals surface area contributed by atoms with Crippen molar-refractivity contribution in [1.82, 2.24) is 19.5 Å². The minimum absolute atomic E-state index is 0.0368. The number of amides is 1. The fourth-order valence-corrected chi connectivity index (χ4v) is 3.97. The van der Waals surface area contributed by atoms with Gasteiger partial charge in [-0.15, -0.1) is 0 Å². The summed E-state index contributed by atoms with van der Waals surface area (Å²) in [6.07, 6.45) is 4.52. The maximum Gasteiger partial charge on any atom is 0.259 e. The van der Waals surface area contributed by atoms with Crippen molar-refractivity contribution in [1.29, 1.82) is 0 Å². The number of carbonyl (C=O) groups excluding carboxylic acids is 1. The number of aromatic nitrogens is 3. The SMILES string of the molecule is Cc1ccccc1[C@H]1C[C@H](C)N(C(=O)c2c(C)nn3cccnc23)C1. The van der Waals surface area contributed by atoms with Gasteiger partial charge in [-0.2, -0.15) is 5.10 Å².